The molecule has 0 rings (SSSR count). The van der Waals surface area contributed by atoms with Crippen LogP contribution in [0.3, 0.4) is 0 Å². The molecular weight excluding hydrogens is 326 g/mol. The number of hydrogen-bond donors (Lipinski definition) is 2. The molecule has 0 spiro atoms. The molecule has 0 aliphatic heterocycles. The summed E-state index contributed by atoms with van der Waals surface area (Å²) in [7, 11) is 0. The van der Waals surface area contributed by atoms with Gasteiger partial charge in [-0.05, 0) is 32.1 Å². The minimum absolute atomic E-state index is 0.207. The molecule has 0 unspecified atom stereocenters. The molecule has 0 amide bonds. The van der Waals surface area contributed by atoms with Crippen LogP contribution in [0.25, 0.3) is 0 Å². The van der Waals surface area contributed by atoms with E-state index in [2.05, 4.69) is 19.1 Å². The van der Waals surface area contributed by atoms with Gasteiger partial charge >= 0.3 is 11.9 Å². The van der Waals surface area contributed by atoms with E-state index in [1.807, 2.05) is 0 Å². The third kappa shape index (κ3) is 13.1. The summed E-state index contributed by atoms with van der Waals surface area (Å²) in [6.07, 6.45) is 12.2. The maximum Gasteiger partial charge on any atom is 0.359 e. The van der Waals surface area contributed by atoms with Gasteiger partial charge in [-0.25, -0.2) is 9.59 Å². The predicted molar refractivity (Wildman–Crippen MR) is 91.8 cm³/mol. The molecule has 0 aliphatic carbocycles. The van der Waals surface area contributed by atoms with Crippen molar-refractivity contribution < 1.29 is 34.2 Å². The van der Waals surface area contributed by atoms with Gasteiger partial charge < -0.3 is 24.6 Å². The molecule has 0 aromatic rings. The van der Waals surface area contributed by atoms with E-state index < -0.39 is 42.0 Å². The molecule has 0 saturated heterocycles. The molecule has 0 heterocycles. The summed E-state index contributed by atoms with van der Waals surface area (Å²) >= 11 is 0. The van der Waals surface area contributed by atoms with E-state index in [9.17, 15) is 19.5 Å². The van der Waals surface area contributed by atoms with E-state index in [1.54, 1.807) is 0 Å². The molecule has 0 radical (unpaired) electrons. The zero-order chi connectivity index (χ0) is 19.1. The number of carbonyl (C=O) groups excluding carboxylic acids is 1. The minimum atomic E-state index is -1.43. The molecule has 2 N–H and O–H groups in total. The van der Waals surface area contributed by atoms with Crippen LogP contribution < -0.4 is 5.11 Å². The lowest BCUT2D eigenvalue weighted by atomic mass is 10.1. The summed E-state index contributed by atoms with van der Waals surface area (Å²) in [6.45, 7) is 0.708. The maximum absolute atomic E-state index is 11.0. The topological polar surface area (TPSA) is 115 Å². The van der Waals surface area contributed by atoms with Gasteiger partial charge in [0.25, 0.3) is 0 Å². The van der Waals surface area contributed by atoms with Crippen molar-refractivity contribution in [2.24, 2.45) is 0 Å². The molecule has 144 valence electrons. The van der Waals surface area contributed by atoms with E-state index in [1.165, 1.54) is 12.8 Å². The molecule has 7 heteroatoms. The average Bonchev–Trinajstić information content (AvgIpc) is 2.47. The smallest absolute Gasteiger partial charge is 0.359 e. The predicted octanol–water partition coefficient (Wildman–Crippen LogP) is 1.42. The lowest BCUT2D eigenvalue weighted by Gasteiger charge is -2.36. The van der Waals surface area contributed by atoms with Crippen LogP contribution in [-0.2, 0) is 14.4 Å². The van der Waals surface area contributed by atoms with Crippen molar-refractivity contribution in [1.29, 1.82) is 0 Å². The molecule has 7 nitrogen and oxygen atoms in total. The van der Waals surface area contributed by atoms with Gasteiger partial charge in [0.2, 0.25) is 0 Å². The Morgan fingerprint density at radius 1 is 0.840 bits per heavy atom. The first-order chi connectivity index (χ1) is 11.8. The Bertz CT molecular complexity index is 406. The van der Waals surface area contributed by atoms with Gasteiger partial charge in [0.15, 0.2) is 13.1 Å². The Morgan fingerprint density at radius 2 is 1.36 bits per heavy atom. The SMILES string of the molecule is CCCC/C=C/CCCCCC[N+](CC(=O)[O-])(CC(=O)O)CC(=O)O. The number of carbonyl (C=O) groups is 3. The third-order valence-electron chi connectivity index (χ3n) is 4.05. The molecule has 0 saturated carbocycles. The third-order valence-corrected chi connectivity index (χ3v) is 4.05. The van der Waals surface area contributed by atoms with Gasteiger partial charge in [0.05, 0.1) is 12.5 Å². The highest BCUT2D eigenvalue weighted by atomic mass is 16.4. The van der Waals surface area contributed by atoms with Crippen molar-refractivity contribution in [2.45, 2.75) is 58.3 Å². The van der Waals surface area contributed by atoms with Crippen LogP contribution in [0, 0.1) is 0 Å². The number of nitrogens with zero attached hydrogens (tertiary/aromatic N) is 1. The van der Waals surface area contributed by atoms with Crippen molar-refractivity contribution in [2.75, 3.05) is 26.2 Å². The second kappa shape index (κ2) is 13.4. The quantitative estimate of drug-likeness (QED) is 0.245. The fourth-order valence-corrected chi connectivity index (χ4v) is 2.87. The summed E-state index contributed by atoms with van der Waals surface area (Å²) in [4.78, 5) is 33.0. The van der Waals surface area contributed by atoms with E-state index >= 15 is 0 Å². The molecule has 0 aliphatic rings. The Balaban J connectivity index is 4.32. The summed E-state index contributed by atoms with van der Waals surface area (Å²) < 4.78 is -0.510. The number of unbranched alkanes of at least 4 members (excludes halogenated alkanes) is 6. The highest BCUT2D eigenvalue weighted by Crippen LogP contribution is 2.12. The molecular formula is C18H31NO6. The Hall–Kier alpha value is -1.89. The number of hydrogen-bond acceptors (Lipinski definition) is 4. The minimum Gasteiger partial charge on any atom is -0.544 e. The first-order valence-corrected chi connectivity index (χ1v) is 8.95. The molecule has 25 heavy (non-hydrogen) atoms. The van der Waals surface area contributed by atoms with Crippen LogP contribution in [0.5, 0.6) is 0 Å². The Kier molecular flexibility index (Phi) is 12.4. The Labute approximate surface area is 149 Å². The standard InChI is InChI=1S/C18H31NO6/c1-2-3-4-5-6-7-8-9-10-11-12-19(13-16(20)21,14-17(22)23)15-18(24)25/h5-6H,2-4,7-15H2,1H3,(H2-,20,21,22,23,24,25)/b6-5+. The van der Waals surface area contributed by atoms with Crippen molar-refractivity contribution >= 4 is 17.9 Å². The average molecular weight is 357 g/mol. The molecule has 0 fully saturated rings. The zero-order valence-electron chi connectivity index (χ0n) is 15.1. The van der Waals surface area contributed by atoms with Gasteiger partial charge in [-0.2, -0.15) is 0 Å². The number of rotatable bonds is 16. The summed E-state index contributed by atoms with van der Waals surface area (Å²) in [6, 6.07) is 0. The van der Waals surface area contributed by atoms with Crippen LogP contribution in [0.15, 0.2) is 12.2 Å². The number of allylic oxidation sites excluding steroid dienone is 2. The molecule has 0 bridgehead atoms. The van der Waals surface area contributed by atoms with E-state index in [4.69, 9.17) is 10.2 Å². The van der Waals surface area contributed by atoms with E-state index in [0.29, 0.717) is 6.42 Å². The summed E-state index contributed by atoms with van der Waals surface area (Å²) in [5.74, 6) is -3.85. The monoisotopic (exact) mass is 357 g/mol. The second-order valence-electron chi connectivity index (χ2n) is 6.52. The lowest BCUT2D eigenvalue weighted by Crippen LogP contribution is -2.59. The van der Waals surface area contributed by atoms with Crippen molar-refractivity contribution in [1.82, 2.24) is 0 Å². The van der Waals surface area contributed by atoms with Crippen LogP contribution in [0.2, 0.25) is 0 Å². The zero-order valence-corrected chi connectivity index (χ0v) is 15.1. The molecule has 0 atom stereocenters. The number of quaternary nitrogens is 1. The summed E-state index contributed by atoms with van der Waals surface area (Å²) in [5.41, 5.74) is 0. The fourth-order valence-electron chi connectivity index (χ4n) is 2.87. The first-order valence-electron chi connectivity index (χ1n) is 8.95. The number of carboxylic acid groups (broad SMARTS) is 3. The maximum atomic E-state index is 11.0. The van der Waals surface area contributed by atoms with Gasteiger partial charge in [0.1, 0.15) is 6.54 Å². The van der Waals surface area contributed by atoms with Crippen LogP contribution >= 0.6 is 0 Å². The Morgan fingerprint density at radius 3 is 1.84 bits per heavy atom. The van der Waals surface area contributed by atoms with Gasteiger partial charge in [-0.15, -0.1) is 0 Å². The summed E-state index contributed by atoms with van der Waals surface area (Å²) in [5, 5.41) is 29.0. The molecule has 0 aromatic heterocycles. The fraction of sp³-hybridized carbons (Fsp3) is 0.722. The van der Waals surface area contributed by atoms with Crippen LogP contribution in [-0.4, -0.2) is 58.8 Å². The van der Waals surface area contributed by atoms with Gasteiger partial charge in [0, 0.05) is 0 Å². The second-order valence-corrected chi connectivity index (χ2v) is 6.52. The lowest BCUT2D eigenvalue weighted by molar-refractivity contribution is -0.909. The normalized spacial score (nSPS) is 11.7. The highest BCUT2D eigenvalue weighted by molar-refractivity contribution is 5.72. The van der Waals surface area contributed by atoms with Crippen molar-refractivity contribution in [3.63, 3.8) is 0 Å². The van der Waals surface area contributed by atoms with Gasteiger partial charge in [-0.3, -0.25) is 0 Å². The van der Waals surface area contributed by atoms with Crippen molar-refractivity contribution in [3.8, 4) is 0 Å². The number of carboxylic acids is 3. The van der Waals surface area contributed by atoms with E-state index in [0.717, 1.165) is 32.1 Å². The van der Waals surface area contributed by atoms with Crippen LogP contribution in [0.1, 0.15) is 58.3 Å². The highest BCUT2D eigenvalue weighted by Gasteiger charge is 2.33. The van der Waals surface area contributed by atoms with Crippen LogP contribution in [0.4, 0.5) is 0 Å². The largest absolute Gasteiger partial charge is 0.544 e. The number of aliphatic carboxylic acids is 3. The van der Waals surface area contributed by atoms with E-state index in [-0.39, 0.29) is 6.54 Å². The first kappa shape index (κ1) is 23.1. The molecule has 0 aromatic carbocycles. The van der Waals surface area contributed by atoms with Gasteiger partial charge in [-0.1, -0.05) is 38.3 Å². The van der Waals surface area contributed by atoms with Crippen molar-refractivity contribution in [3.05, 3.63) is 12.2 Å².